The van der Waals surface area contributed by atoms with Crippen molar-refractivity contribution >= 4 is 27.3 Å². The molecule has 4 nitrogen and oxygen atoms in total. The Morgan fingerprint density at radius 3 is 2.80 bits per heavy atom. The number of hydrogen-bond donors (Lipinski definition) is 1. The number of rotatable bonds is 4. The van der Waals surface area contributed by atoms with Gasteiger partial charge < -0.3 is 5.32 Å². The molecule has 0 aliphatic heterocycles. The molecule has 2 bridgehead atoms. The third kappa shape index (κ3) is 2.46. The van der Waals surface area contributed by atoms with Gasteiger partial charge in [-0.3, -0.25) is 10.1 Å². The maximum Gasteiger partial charge on any atom is 0.271 e. The van der Waals surface area contributed by atoms with Gasteiger partial charge in [0.15, 0.2) is 0 Å². The minimum absolute atomic E-state index is 0.121. The van der Waals surface area contributed by atoms with Crippen molar-refractivity contribution in [1.29, 1.82) is 0 Å². The number of nitrogens with one attached hydrogen (secondary N) is 1. The number of hydrogen-bond acceptors (Lipinski definition) is 3. The van der Waals surface area contributed by atoms with Crippen LogP contribution in [0.25, 0.3) is 0 Å². The lowest BCUT2D eigenvalue weighted by Gasteiger charge is -2.27. The maximum atomic E-state index is 10.9. The smallest absolute Gasteiger partial charge is 0.271 e. The van der Waals surface area contributed by atoms with Crippen LogP contribution in [0.15, 0.2) is 34.8 Å². The van der Waals surface area contributed by atoms with Gasteiger partial charge in [0.05, 0.1) is 10.6 Å². The molecule has 106 valence electrons. The number of fused-ring (bicyclic) bond motifs is 2. The van der Waals surface area contributed by atoms with E-state index in [0.29, 0.717) is 17.9 Å². The highest BCUT2D eigenvalue weighted by Crippen LogP contribution is 2.45. The normalized spacial score (nSPS) is 28.6. The Hall–Kier alpha value is -1.36. The second-order valence-electron chi connectivity index (χ2n) is 5.80. The van der Waals surface area contributed by atoms with Crippen LogP contribution in [0.1, 0.15) is 19.8 Å². The zero-order valence-electron chi connectivity index (χ0n) is 11.3. The summed E-state index contributed by atoms with van der Waals surface area (Å²) < 4.78 is 0.869. The summed E-state index contributed by atoms with van der Waals surface area (Å²) in [5, 5.41) is 14.3. The molecule has 1 fully saturated rings. The summed E-state index contributed by atoms with van der Waals surface area (Å²) in [4.78, 5) is 10.5. The first-order chi connectivity index (χ1) is 9.54. The molecule has 0 heterocycles. The van der Waals surface area contributed by atoms with E-state index in [1.165, 1.54) is 18.9 Å². The molecule has 0 spiro atoms. The summed E-state index contributed by atoms with van der Waals surface area (Å²) >= 11 is 3.46. The van der Waals surface area contributed by atoms with Crippen molar-refractivity contribution < 1.29 is 4.92 Å². The quantitative estimate of drug-likeness (QED) is 0.504. The number of nitro groups is 1. The molecular formula is C15H17BrN2O2. The van der Waals surface area contributed by atoms with Crippen molar-refractivity contribution in [3.05, 3.63) is 44.9 Å². The zero-order chi connectivity index (χ0) is 14.3. The number of halogens is 1. The molecule has 1 aromatic carbocycles. The molecule has 0 amide bonds. The largest absolute Gasteiger partial charge is 0.381 e. The standard InChI is InChI=1S/C15H17BrN2O2/c1-9(13-7-10-2-3-11(13)6-10)17-15-8-12(18(19)20)4-5-14(15)16/h2-5,8-11,13,17H,6-7H2,1H3. The van der Waals surface area contributed by atoms with Gasteiger partial charge in [0.1, 0.15) is 0 Å². The number of benzene rings is 1. The summed E-state index contributed by atoms with van der Waals surface area (Å²) in [5.74, 6) is 2.03. The van der Waals surface area contributed by atoms with Crippen molar-refractivity contribution in [2.75, 3.05) is 5.32 Å². The summed E-state index contributed by atoms with van der Waals surface area (Å²) in [7, 11) is 0. The second kappa shape index (κ2) is 5.20. The monoisotopic (exact) mass is 336 g/mol. The zero-order valence-corrected chi connectivity index (χ0v) is 12.8. The highest BCUT2D eigenvalue weighted by atomic mass is 79.9. The van der Waals surface area contributed by atoms with Crippen molar-refractivity contribution in [3.63, 3.8) is 0 Å². The molecule has 4 unspecified atom stereocenters. The van der Waals surface area contributed by atoms with Gasteiger partial charge in [-0.2, -0.15) is 0 Å². The molecule has 5 heteroatoms. The van der Waals surface area contributed by atoms with Crippen LogP contribution in [0.4, 0.5) is 11.4 Å². The van der Waals surface area contributed by atoms with Crippen LogP contribution < -0.4 is 5.32 Å². The second-order valence-corrected chi connectivity index (χ2v) is 6.65. The van der Waals surface area contributed by atoms with Crippen LogP contribution in [0.3, 0.4) is 0 Å². The van der Waals surface area contributed by atoms with Gasteiger partial charge in [0, 0.05) is 22.6 Å². The van der Waals surface area contributed by atoms with E-state index in [-0.39, 0.29) is 10.6 Å². The first kappa shape index (κ1) is 13.6. The molecule has 1 saturated carbocycles. The predicted molar refractivity (Wildman–Crippen MR) is 82.7 cm³/mol. The molecule has 20 heavy (non-hydrogen) atoms. The van der Waals surface area contributed by atoms with Crippen molar-refractivity contribution in [1.82, 2.24) is 0 Å². The van der Waals surface area contributed by atoms with E-state index in [0.717, 1.165) is 16.1 Å². The van der Waals surface area contributed by atoms with Crippen molar-refractivity contribution in [3.8, 4) is 0 Å². The third-order valence-electron chi connectivity index (χ3n) is 4.52. The molecule has 3 rings (SSSR count). The van der Waals surface area contributed by atoms with Gasteiger partial charge in [0.25, 0.3) is 5.69 Å². The number of nitrogens with zero attached hydrogens (tertiary/aromatic N) is 1. The number of allylic oxidation sites excluding steroid dienone is 2. The van der Waals surface area contributed by atoms with Crippen LogP contribution >= 0.6 is 15.9 Å². The molecule has 0 radical (unpaired) electrons. The summed E-state index contributed by atoms with van der Waals surface area (Å²) in [6, 6.07) is 5.16. The minimum atomic E-state index is -0.359. The fourth-order valence-electron chi connectivity index (χ4n) is 3.49. The molecule has 1 N–H and O–H groups in total. The molecule has 4 atom stereocenters. The van der Waals surface area contributed by atoms with Crippen molar-refractivity contribution in [2.24, 2.45) is 17.8 Å². The van der Waals surface area contributed by atoms with E-state index in [4.69, 9.17) is 0 Å². The van der Waals surface area contributed by atoms with Gasteiger partial charge in [0.2, 0.25) is 0 Å². The molecule has 2 aliphatic rings. The van der Waals surface area contributed by atoms with Gasteiger partial charge in [-0.25, -0.2) is 0 Å². The van der Waals surface area contributed by atoms with Gasteiger partial charge in [-0.1, -0.05) is 12.2 Å². The number of anilines is 1. The Kier molecular flexibility index (Phi) is 3.54. The molecule has 1 aromatic rings. The fraction of sp³-hybridized carbons (Fsp3) is 0.467. The van der Waals surface area contributed by atoms with E-state index in [2.05, 4.69) is 40.3 Å². The van der Waals surface area contributed by atoms with E-state index < -0.39 is 0 Å². The average molecular weight is 337 g/mol. The van der Waals surface area contributed by atoms with Gasteiger partial charge >= 0.3 is 0 Å². The van der Waals surface area contributed by atoms with E-state index in [1.807, 2.05) is 0 Å². The average Bonchev–Trinajstić information content (AvgIpc) is 3.03. The number of nitro benzene ring substituents is 1. The van der Waals surface area contributed by atoms with Crippen LogP contribution in [0, 0.1) is 27.9 Å². The Balaban J connectivity index is 1.75. The SMILES string of the molecule is CC(Nc1cc([N+](=O)[O-])ccc1Br)C1CC2C=CC1C2. The Labute approximate surface area is 126 Å². The summed E-state index contributed by atoms with van der Waals surface area (Å²) in [5.41, 5.74) is 0.925. The van der Waals surface area contributed by atoms with E-state index >= 15 is 0 Å². The van der Waals surface area contributed by atoms with Gasteiger partial charge in [-0.15, -0.1) is 0 Å². The van der Waals surface area contributed by atoms with Crippen LogP contribution in [0.5, 0.6) is 0 Å². The Morgan fingerprint density at radius 2 is 2.20 bits per heavy atom. The highest BCUT2D eigenvalue weighted by Gasteiger charge is 2.38. The Bertz CT molecular complexity index is 573. The highest BCUT2D eigenvalue weighted by molar-refractivity contribution is 9.10. The maximum absolute atomic E-state index is 10.9. The van der Waals surface area contributed by atoms with E-state index in [9.17, 15) is 10.1 Å². The van der Waals surface area contributed by atoms with Crippen LogP contribution in [-0.2, 0) is 0 Å². The molecule has 0 aromatic heterocycles. The van der Waals surface area contributed by atoms with E-state index in [1.54, 1.807) is 12.1 Å². The lowest BCUT2D eigenvalue weighted by atomic mass is 9.87. The molecular weight excluding hydrogens is 320 g/mol. The predicted octanol–water partition coefficient (Wildman–Crippen LogP) is 4.37. The topological polar surface area (TPSA) is 55.2 Å². The molecule has 0 saturated heterocycles. The summed E-state index contributed by atoms with van der Waals surface area (Å²) in [6.45, 7) is 2.17. The van der Waals surface area contributed by atoms with Gasteiger partial charge in [-0.05, 0) is 59.5 Å². The number of non-ortho nitro benzene ring substituents is 1. The fourth-order valence-corrected chi connectivity index (χ4v) is 3.85. The summed E-state index contributed by atoms with van der Waals surface area (Å²) in [6.07, 6.45) is 7.16. The Morgan fingerprint density at radius 1 is 1.40 bits per heavy atom. The van der Waals surface area contributed by atoms with Crippen LogP contribution in [0.2, 0.25) is 0 Å². The lowest BCUT2D eigenvalue weighted by Crippen LogP contribution is -2.29. The first-order valence-corrected chi connectivity index (χ1v) is 7.72. The third-order valence-corrected chi connectivity index (χ3v) is 5.21. The minimum Gasteiger partial charge on any atom is -0.381 e. The van der Waals surface area contributed by atoms with Crippen LogP contribution in [-0.4, -0.2) is 11.0 Å². The first-order valence-electron chi connectivity index (χ1n) is 6.93. The van der Waals surface area contributed by atoms with Crippen molar-refractivity contribution in [2.45, 2.75) is 25.8 Å². The lowest BCUT2D eigenvalue weighted by molar-refractivity contribution is -0.384. The molecule has 2 aliphatic carbocycles.